The first-order valence-electron chi connectivity index (χ1n) is 6.27. The Morgan fingerprint density at radius 2 is 1.89 bits per heavy atom. The Bertz CT molecular complexity index is 546. The molecule has 1 N–H and O–H groups in total. The zero-order valence-corrected chi connectivity index (χ0v) is 11.8. The Labute approximate surface area is 117 Å². The minimum atomic E-state index is -0.0109. The van der Waals surface area contributed by atoms with Gasteiger partial charge in [0.1, 0.15) is 5.03 Å². The standard InChI is InChI=1S/C15H16ClNO2/c1-9-7-13(15(16)14(19)8-9)17-12-5-3-11(4-6-12)10(2)18/h3-6,9,17H,7-8H2,1-2H3/t9-/m1/s1. The van der Waals surface area contributed by atoms with Crippen LogP contribution in [0.5, 0.6) is 0 Å². The molecule has 0 bridgehead atoms. The zero-order chi connectivity index (χ0) is 14.0. The maximum absolute atomic E-state index is 11.7. The first-order chi connectivity index (χ1) is 8.97. The summed E-state index contributed by atoms with van der Waals surface area (Å²) in [5.74, 6) is 0.322. The predicted molar refractivity (Wildman–Crippen MR) is 76.4 cm³/mol. The summed E-state index contributed by atoms with van der Waals surface area (Å²) in [6.07, 6.45) is 1.27. The molecule has 1 aromatic carbocycles. The van der Waals surface area contributed by atoms with Crippen LogP contribution in [0.1, 0.15) is 37.0 Å². The monoisotopic (exact) mass is 277 g/mol. The van der Waals surface area contributed by atoms with Gasteiger partial charge in [-0.1, -0.05) is 18.5 Å². The molecule has 0 radical (unpaired) electrons. The fourth-order valence-electron chi connectivity index (χ4n) is 2.15. The Balaban J connectivity index is 2.18. The third-order valence-electron chi connectivity index (χ3n) is 3.18. The number of carbonyl (C=O) groups excluding carboxylic acids is 2. The van der Waals surface area contributed by atoms with Gasteiger partial charge in [-0.15, -0.1) is 0 Å². The zero-order valence-electron chi connectivity index (χ0n) is 11.0. The van der Waals surface area contributed by atoms with Gasteiger partial charge in [-0.05, 0) is 43.5 Å². The van der Waals surface area contributed by atoms with Crippen molar-refractivity contribution in [3.63, 3.8) is 0 Å². The first-order valence-corrected chi connectivity index (χ1v) is 6.65. The summed E-state index contributed by atoms with van der Waals surface area (Å²) < 4.78 is 0. The van der Waals surface area contributed by atoms with E-state index in [1.807, 2.05) is 19.1 Å². The van der Waals surface area contributed by atoms with Crippen molar-refractivity contribution in [1.82, 2.24) is 0 Å². The van der Waals surface area contributed by atoms with Crippen LogP contribution in [0, 0.1) is 5.92 Å². The number of carbonyl (C=O) groups is 2. The lowest BCUT2D eigenvalue weighted by Gasteiger charge is -2.22. The molecule has 1 aliphatic rings. The number of rotatable bonds is 3. The molecular formula is C15H16ClNO2. The van der Waals surface area contributed by atoms with Gasteiger partial charge in [0.05, 0.1) is 0 Å². The molecule has 0 aliphatic heterocycles. The Morgan fingerprint density at radius 3 is 2.47 bits per heavy atom. The van der Waals surface area contributed by atoms with E-state index in [9.17, 15) is 9.59 Å². The molecular weight excluding hydrogens is 262 g/mol. The van der Waals surface area contributed by atoms with Crippen molar-refractivity contribution in [2.75, 3.05) is 5.32 Å². The molecule has 1 aromatic rings. The highest BCUT2D eigenvalue weighted by atomic mass is 35.5. The van der Waals surface area contributed by atoms with Crippen molar-refractivity contribution in [1.29, 1.82) is 0 Å². The maximum atomic E-state index is 11.7. The number of allylic oxidation sites excluding steroid dienone is 2. The van der Waals surface area contributed by atoms with Crippen molar-refractivity contribution in [2.45, 2.75) is 26.7 Å². The second-order valence-electron chi connectivity index (χ2n) is 4.99. The smallest absolute Gasteiger partial charge is 0.176 e. The molecule has 0 aromatic heterocycles. The Hall–Kier alpha value is -1.61. The SMILES string of the molecule is CC(=O)c1ccc(NC2=C(Cl)C(=O)C[C@H](C)C2)cc1. The molecule has 0 fully saturated rings. The number of Topliss-reactive ketones (excluding diaryl/α,β-unsaturated/α-hetero) is 2. The molecule has 19 heavy (non-hydrogen) atoms. The van der Waals surface area contributed by atoms with Crippen molar-refractivity contribution in [2.24, 2.45) is 5.92 Å². The number of benzene rings is 1. The average molecular weight is 278 g/mol. The van der Waals surface area contributed by atoms with Crippen molar-refractivity contribution >= 4 is 28.9 Å². The molecule has 2 rings (SSSR count). The van der Waals surface area contributed by atoms with E-state index in [1.54, 1.807) is 12.1 Å². The second-order valence-corrected chi connectivity index (χ2v) is 5.37. The Kier molecular flexibility index (Phi) is 4.05. The normalized spacial score (nSPS) is 19.5. The van der Waals surface area contributed by atoms with Crippen LogP contribution in [-0.2, 0) is 4.79 Å². The fraction of sp³-hybridized carbons (Fsp3) is 0.333. The van der Waals surface area contributed by atoms with Gasteiger partial charge in [-0.25, -0.2) is 0 Å². The minimum Gasteiger partial charge on any atom is -0.358 e. The first kappa shape index (κ1) is 13.8. The Morgan fingerprint density at radius 1 is 1.26 bits per heavy atom. The predicted octanol–water partition coefficient (Wildman–Crippen LogP) is 3.75. The van der Waals surface area contributed by atoms with Crippen LogP contribution in [0.25, 0.3) is 0 Å². The molecule has 0 saturated heterocycles. The van der Waals surface area contributed by atoms with Gasteiger partial charge < -0.3 is 5.32 Å². The van der Waals surface area contributed by atoms with E-state index in [1.165, 1.54) is 6.92 Å². The lowest BCUT2D eigenvalue weighted by molar-refractivity contribution is -0.116. The van der Waals surface area contributed by atoms with Gasteiger partial charge in [0.2, 0.25) is 0 Å². The van der Waals surface area contributed by atoms with E-state index in [2.05, 4.69) is 5.32 Å². The van der Waals surface area contributed by atoms with Crippen LogP contribution in [0.2, 0.25) is 0 Å². The second kappa shape index (κ2) is 5.57. The van der Waals surface area contributed by atoms with Gasteiger partial charge in [0.25, 0.3) is 0 Å². The summed E-state index contributed by atoms with van der Waals surface area (Å²) in [4.78, 5) is 22.9. The largest absolute Gasteiger partial charge is 0.358 e. The van der Waals surface area contributed by atoms with E-state index in [0.29, 0.717) is 22.9 Å². The lowest BCUT2D eigenvalue weighted by Crippen LogP contribution is -2.19. The van der Waals surface area contributed by atoms with Crippen LogP contribution in [0.3, 0.4) is 0 Å². The van der Waals surface area contributed by atoms with Crippen LogP contribution < -0.4 is 5.32 Å². The summed E-state index contributed by atoms with van der Waals surface area (Å²) in [7, 11) is 0. The summed E-state index contributed by atoms with van der Waals surface area (Å²) in [6.45, 7) is 3.56. The molecule has 0 heterocycles. The van der Waals surface area contributed by atoms with Crippen LogP contribution in [-0.4, -0.2) is 11.6 Å². The van der Waals surface area contributed by atoms with Crippen molar-refractivity contribution in [3.8, 4) is 0 Å². The van der Waals surface area contributed by atoms with E-state index in [0.717, 1.165) is 17.8 Å². The molecule has 1 aliphatic carbocycles. The lowest BCUT2D eigenvalue weighted by atomic mass is 9.92. The van der Waals surface area contributed by atoms with Crippen LogP contribution in [0.15, 0.2) is 35.0 Å². The van der Waals surface area contributed by atoms with Gasteiger partial charge in [0, 0.05) is 23.4 Å². The maximum Gasteiger partial charge on any atom is 0.176 e. The minimum absolute atomic E-state index is 0.0109. The molecule has 0 amide bonds. The van der Waals surface area contributed by atoms with Crippen LogP contribution >= 0.6 is 11.6 Å². The number of halogens is 1. The quantitative estimate of drug-likeness (QED) is 0.856. The van der Waals surface area contributed by atoms with E-state index in [4.69, 9.17) is 11.6 Å². The third-order valence-corrected chi connectivity index (χ3v) is 3.62. The fourth-order valence-corrected chi connectivity index (χ4v) is 2.35. The summed E-state index contributed by atoms with van der Waals surface area (Å²) in [5, 5.41) is 3.47. The molecule has 0 unspecified atom stereocenters. The van der Waals surface area contributed by atoms with Gasteiger partial charge in [0.15, 0.2) is 11.6 Å². The summed E-state index contributed by atoms with van der Waals surface area (Å²) in [5.41, 5.74) is 2.26. The summed E-state index contributed by atoms with van der Waals surface area (Å²) >= 11 is 6.04. The molecule has 100 valence electrons. The average Bonchev–Trinajstić information content (AvgIpc) is 2.36. The molecule has 1 atom stereocenters. The highest BCUT2D eigenvalue weighted by Crippen LogP contribution is 2.29. The van der Waals surface area contributed by atoms with Crippen LogP contribution in [0.4, 0.5) is 5.69 Å². The number of nitrogens with one attached hydrogen (secondary N) is 1. The molecule has 4 heteroatoms. The van der Waals surface area contributed by atoms with E-state index >= 15 is 0 Å². The topological polar surface area (TPSA) is 46.2 Å². The van der Waals surface area contributed by atoms with Crippen molar-refractivity contribution < 1.29 is 9.59 Å². The molecule has 3 nitrogen and oxygen atoms in total. The summed E-state index contributed by atoms with van der Waals surface area (Å²) in [6, 6.07) is 7.15. The van der Waals surface area contributed by atoms with Gasteiger partial charge >= 0.3 is 0 Å². The molecule has 0 saturated carbocycles. The van der Waals surface area contributed by atoms with Gasteiger partial charge in [-0.3, -0.25) is 9.59 Å². The van der Waals surface area contributed by atoms with Crippen molar-refractivity contribution in [3.05, 3.63) is 40.6 Å². The highest BCUT2D eigenvalue weighted by molar-refractivity contribution is 6.43. The number of hydrogen-bond acceptors (Lipinski definition) is 3. The number of hydrogen-bond donors (Lipinski definition) is 1. The highest BCUT2D eigenvalue weighted by Gasteiger charge is 2.23. The number of ketones is 2. The van der Waals surface area contributed by atoms with E-state index < -0.39 is 0 Å². The van der Waals surface area contributed by atoms with Gasteiger partial charge in [-0.2, -0.15) is 0 Å². The van der Waals surface area contributed by atoms with E-state index in [-0.39, 0.29) is 11.6 Å². The third kappa shape index (κ3) is 3.24. The number of anilines is 1. The molecule has 0 spiro atoms.